The van der Waals surface area contributed by atoms with Crippen molar-refractivity contribution < 1.29 is 22.7 Å². The van der Waals surface area contributed by atoms with Crippen molar-refractivity contribution in [1.82, 2.24) is 13.9 Å². The molecule has 0 atom stereocenters. The number of amides is 1. The summed E-state index contributed by atoms with van der Waals surface area (Å²) in [6.07, 6.45) is 1.43. The zero-order valence-corrected chi connectivity index (χ0v) is 16.5. The average molecular weight is 385 g/mol. The molecule has 26 heavy (non-hydrogen) atoms. The molecule has 0 spiro atoms. The van der Waals surface area contributed by atoms with Crippen LogP contribution in [0.4, 0.5) is 0 Å². The predicted octanol–water partition coefficient (Wildman–Crippen LogP) is 0.952. The molecule has 1 aliphatic rings. The Morgan fingerprint density at radius 2 is 1.69 bits per heavy atom. The highest BCUT2D eigenvalue weighted by atomic mass is 32.2. The van der Waals surface area contributed by atoms with Crippen molar-refractivity contribution in [1.29, 1.82) is 0 Å². The molecule has 8 nitrogen and oxygen atoms in total. The van der Waals surface area contributed by atoms with Crippen molar-refractivity contribution >= 4 is 16.1 Å². The standard InChI is InChI=1S/C17H27N3O5S/c1-19(2)26(22,23)20-7-5-13(6-8-20)12-18-17(21)14-9-15(24-3)11-16(10-14)25-4/h9-11,13H,5-8,12H2,1-4H3,(H,18,21). The smallest absolute Gasteiger partial charge is 0.281 e. The summed E-state index contributed by atoms with van der Waals surface area (Å²) in [5.74, 6) is 1.15. The number of piperidine rings is 1. The number of carbonyl (C=O) groups is 1. The van der Waals surface area contributed by atoms with Gasteiger partial charge in [0, 0.05) is 45.4 Å². The average Bonchev–Trinajstić information content (AvgIpc) is 2.65. The molecule has 146 valence electrons. The molecule has 1 amide bonds. The van der Waals surface area contributed by atoms with E-state index in [1.54, 1.807) is 18.2 Å². The highest BCUT2D eigenvalue weighted by Crippen LogP contribution is 2.23. The molecular weight excluding hydrogens is 358 g/mol. The van der Waals surface area contributed by atoms with Crippen LogP contribution in [-0.2, 0) is 10.2 Å². The van der Waals surface area contributed by atoms with Crippen molar-refractivity contribution in [2.24, 2.45) is 5.92 Å². The number of carbonyl (C=O) groups excluding carboxylic acids is 1. The number of methoxy groups -OCH3 is 2. The van der Waals surface area contributed by atoms with E-state index in [1.165, 1.54) is 36.9 Å². The molecule has 1 aromatic rings. The summed E-state index contributed by atoms with van der Waals surface area (Å²) in [6.45, 7) is 1.44. The Labute approximate surface area is 155 Å². The SMILES string of the molecule is COc1cc(OC)cc(C(=O)NCC2CCN(S(=O)(=O)N(C)C)CC2)c1. The third kappa shape index (κ3) is 4.87. The molecule has 1 aliphatic heterocycles. The zero-order valence-electron chi connectivity index (χ0n) is 15.7. The minimum atomic E-state index is -3.36. The van der Waals surface area contributed by atoms with E-state index in [4.69, 9.17) is 9.47 Å². The van der Waals surface area contributed by atoms with Gasteiger partial charge in [-0.25, -0.2) is 0 Å². The van der Waals surface area contributed by atoms with Gasteiger partial charge in [-0.2, -0.15) is 17.0 Å². The summed E-state index contributed by atoms with van der Waals surface area (Å²) < 4.78 is 37.3. The van der Waals surface area contributed by atoms with Gasteiger partial charge < -0.3 is 14.8 Å². The van der Waals surface area contributed by atoms with Crippen LogP contribution in [0.5, 0.6) is 11.5 Å². The van der Waals surface area contributed by atoms with Gasteiger partial charge in [-0.15, -0.1) is 0 Å². The third-order valence-electron chi connectivity index (χ3n) is 4.53. The first-order valence-electron chi connectivity index (χ1n) is 8.46. The maximum atomic E-state index is 12.4. The maximum absolute atomic E-state index is 12.4. The Hall–Kier alpha value is -1.84. The van der Waals surface area contributed by atoms with Gasteiger partial charge in [-0.3, -0.25) is 4.79 Å². The van der Waals surface area contributed by atoms with E-state index in [-0.39, 0.29) is 11.8 Å². The number of hydrogen-bond acceptors (Lipinski definition) is 5. The lowest BCUT2D eigenvalue weighted by atomic mass is 9.98. The molecule has 0 aromatic heterocycles. The summed E-state index contributed by atoms with van der Waals surface area (Å²) in [4.78, 5) is 12.4. The van der Waals surface area contributed by atoms with E-state index < -0.39 is 10.2 Å². The molecule has 1 N–H and O–H groups in total. The van der Waals surface area contributed by atoms with Crippen molar-refractivity contribution in [3.63, 3.8) is 0 Å². The lowest BCUT2D eigenvalue weighted by Gasteiger charge is -2.32. The van der Waals surface area contributed by atoms with Crippen molar-refractivity contribution in [2.45, 2.75) is 12.8 Å². The molecular formula is C17H27N3O5S. The molecule has 0 unspecified atom stereocenters. The quantitative estimate of drug-likeness (QED) is 0.755. The lowest BCUT2D eigenvalue weighted by molar-refractivity contribution is 0.0940. The first-order chi connectivity index (χ1) is 12.3. The van der Waals surface area contributed by atoms with Gasteiger partial charge in [0.15, 0.2) is 0 Å². The van der Waals surface area contributed by atoms with Gasteiger partial charge >= 0.3 is 0 Å². The monoisotopic (exact) mass is 385 g/mol. The molecule has 0 saturated carbocycles. The second-order valence-electron chi connectivity index (χ2n) is 6.44. The Balaban J connectivity index is 1.90. The van der Waals surface area contributed by atoms with Crippen LogP contribution < -0.4 is 14.8 Å². The third-order valence-corrected chi connectivity index (χ3v) is 6.47. The second-order valence-corrected chi connectivity index (χ2v) is 8.59. The van der Waals surface area contributed by atoms with E-state index in [1.807, 2.05) is 0 Å². The van der Waals surface area contributed by atoms with E-state index in [0.717, 1.165) is 12.8 Å². The lowest BCUT2D eigenvalue weighted by Crippen LogP contribution is -2.45. The molecule has 9 heteroatoms. The van der Waals surface area contributed by atoms with Gasteiger partial charge in [0.05, 0.1) is 14.2 Å². The molecule has 2 rings (SSSR count). The maximum Gasteiger partial charge on any atom is 0.281 e. The summed E-state index contributed by atoms with van der Waals surface area (Å²) in [6, 6.07) is 5.02. The fraction of sp³-hybridized carbons (Fsp3) is 0.588. The Morgan fingerprint density at radius 3 is 2.15 bits per heavy atom. The van der Waals surface area contributed by atoms with Crippen LogP contribution in [0.25, 0.3) is 0 Å². The molecule has 0 bridgehead atoms. The van der Waals surface area contributed by atoms with Crippen LogP contribution in [0.2, 0.25) is 0 Å². The van der Waals surface area contributed by atoms with Crippen molar-refractivity contribution in [2.75, 3.05) is 47.9 Å². The highest BCUT2D eigenvalue weighted by molar-refractivity contribution is 7.86. The number of benzene rings is 1. The van der Waals surface area contributed by atoms with Crippen LogP contribution in [-0.4, -0.2) is 70.9 Å². The largest absolute Gasteiger partial charge is 0.497 e. The van der Waals surface area contributed by atoms with Crippen LogP contribution in [0.15, 0.2) is 18.2 Å². The van der Waals surface area contributed by atoms with Gasteiger partial charge in [0.25, 0.3) is 16.1 Å². The van der Waals surface area contributed by atoms with Crippen LogP contribution in [0, 0.1) is 5.92 Å². The predicted molar refractivity (Wildman–Crippen MR) is 98.8 cm³/mol. The second kappa shape index (κ2) is 8.70. The van der Waals surface area contributed by atoms with Crippen molar-refractivity contribution in [3.8, 4) is 11.5 Å². The topological polar surface area (TPSA) is 88.2 Å². The summed E-state index contributed by atoms with van der Waals surface area (Å²) in [5.41, 5.74) is 0.467. The summed E-state index contributed by atoms with van der Waals surface area (Å²) in [7, 11) is 2.77. The fourth-order valence-corrected chi connectivity index (χ4v) is 3.99. The molecule has 0 radical (unpaired) electrons. The molecule has 1 heterocycles. The van der Waals surface area contributed by atoms with Crippen LogP contribution in [0.1, 0.15) is 23.2 Å². The van der Waals surface area contributed by atoms with Crippen LogP contribution in [0.3, 0.4) is 0 Å². The van der Waals surface area contributed by atoms with E-state index in [2.05, 4.69) is 5.32 Å². The van der Waals surface area contributed by atoms with Gasteiger partial charge in [0.2, 0.25) is 0 Å². The fourth-order valence-electron chi connectivity index (χ4n) is 2.85. The molecule has 1 saturated heterocycles. The van der Waals surface area contributed by atoms with Gasteiger partial charge in [-0.05, 0) is 30.9 Å². The van der Waals surface area contributed by atoms with E-state index in [9.17, 15) is 13.2 Å². The molecule has 1 fully saturated rings. The molecule has 1 aromatic carbocycles. The minimum absolute atomic E-state index is 0.203. The Kier molecular flexibility index (Phi) is 6.85. The zero-order chi connectivity index (χ0) is 19.3. The number of hydrogen-bond donors (Lipinski definition) is 1. The van der Waals surface area contributed by atoms with Gasteiger partial charge in [0.1, 0.15) is 11.5 Å². The van der Waals surface area contributed by atoms with E-state index in [0.29, 0.717) is 36.7 Å². The van der Waals surface area contributed by atoms with Crippen molar-refractivity contribution in [3.05, 3.63) is 23.8 Å². The molecule has 0 aliphatic carbocycles. The van der Waals surface area contributed by atoms with E-state index >= 15 is 0 Å². The summed E-state index contributed by atoms with van der Waals surface area (Å²) in [5, 5.41) is 2.92. The number of nitrogens with zero attached hydrogens (tertiary/aromatic N) is 2. The van der Waals surface area contributed by atoms with Gasteiger partial charge in [-0.1, -0.05) is 0 Å². The Morgan fingerprint density at radius 1 is 1.15 bits per heavy atom. The first-order valence-corrected chi connectivity index (χ1v) is 9.86. The Bertz CT molecular complexity index is 706. The highest BCUT2D eigenvalue weighted by Gasteiger charge is 2.29. The van der Waals surface area contributed by atoms with Crippen LogP contribution >= 0.6 is 0 Å². The number of nitrogens with one attached hydrogen (secondary N) is 1. The minimum Gasteiger partial charge on any atom is -0.497 e. The number of ether oxygens (including phenoxy) is 2. The first kappa shape index (κ1) is 20.5. The number of rotatable bonds is 7. The summed E-state index contributed by atoms with van der Waals surface area (Å²) >= 11 is 0. The normalized spacial score (nSPS) is 16.5.